The molecule has 3 rings (SSSR count). The van der Waals surface area contributed by atoms with E-state index < -0.39 is 11.9 Å². The number of esters is 2. The van der Waals surface area contributed by atoms with E-state index in [-0.39, 0.29) is 17.1 Å². The predicted molar refractivity (Wildman–Crippen MR) is 118 cm³/mol. The summed E-state index contributed by atoms with van der Waals surface area (Å²) in [5.41, 5.74) is 1.38. The van der Waals surface area contributed by atoms with Gasteiger partial charge in [0.05, 0.1) is 26.9 Å². The lowest BCUT2D eigenvalue weighted by Gasteiger charge is -2.13. The second-order valence-corrected chi connectivity index (χ2v) is 6.49. The molecule has 3 aromatic carbocycles. The molecule has 0 heterocycles. The fraction of sp³-hybridized carbons (Fsp3) is 0.167. The Hall–Kier alpha value is -4.20. The zero-order chi connectivity index (χ0) is 23.1. The SMILES string of the molecule is CNc1ccc(OC(=O)c2ccc(OC(=O)c3cc(OC)c(OC)cc3OC)cc2)cc1. The molecule has 0 unspecified atom stereocenters. The molecule has 166 valence electrons. The number of benzene rings is 3. The minimum atomic E-state index is -0.650. The van der Waals surface area contributed by atoms with Gasteiger partial charge in [-0.3, -0.25) is 0 Å². The number of hydrogen-bond acceptors (Lipinski definition) is 8. The van der Waals surface area contributed by atoms with Crippen LogP contribution in [0.4, 0.5) is 5.69 Å². The van der Waals surface area contributed by atoms with E-state index in [1.807, 2.05) is 0 Å². The van der Waals surface area contributed by atoms with Crippen molar-refractivity contribution in [3.63, 3.8) is 0 Å². The highest BCUT2D eigenvalue weighted by atomic mass is 16.5. The Labute approximate surface area is 185 Å². The van der Waals surface area contributed by atoms with E-state index >= 15 is 0 Å². The third-order valence-corrected chi connectivity index (χ3v) is 4.58. The summed E-state index contributed by atoms with van der Waals surface area (Å²) in [6.45, 7) is 0. The second kappa shape index (κ2) is 10.2. The lowest BCUT2D eigenvalue weighted by Crippen LogP contribution is -2.12. The molecule has 32 heavy (non-hydrogen) atoms. The molecule has 0 aromatic heterocycles. The van der Waals surface area contributed by atoms with Gasteiger partial charge in [-0.15, -0.1) is 0 Å². The lowest BCUT2D eigenvalue weighted by atomic mass is 10.1. The first kappa shape index (κ1) is 22.5. The van der Waals surface area contributed by atoms with Crippen LogP contribution in [0.3, 0.4) is 0 Å². The Morgan fingerprint density at radius 3 is 1.69 bits per heavy atom. The summed E-state index contributed by atoms with van der Waals surface area (Å²) in [5, 5.41) is 2.99. The normalized spacial score (nSPS) is 10.1. The second-order valence-electron chi connectivity index (χ2n) is 6.49. The molecule has 0 saturated heterocycles. The van der Waals surface area contributed by atoms with Crippen LogP contribution in [0.15, 0.2) is 60.7 Å². The van der Waals surface area contributed by atoms with Crippen molar-refractivity contribution in [2.75, 3.05) is 33.7 Å². The molecule has 0 aliphatic rings. The van der Waals surface area contributed by atoms with Gasteiger partial charge in [-0.05, 0) is 48.5 Å². The molecule has 0 aliphatic carbocycles. The van der Waals surface area contributed by atoms with Crippen LogP contribution in [0.1, 0.15) is 20.7 Å². The summed E-state index contributed by atoms with van der Waals surface area (Å²) in [7, 11) is 6.19. The summed E-state index contributed by atoms with van der Waals surface area (Å²) < 4.78 is 26.5. The first-order valence-corrected chi connectivity index (χ1v) is 9.61. The smallest absolute Gasteiger partial charge is 0.347 e. The van der Waals surface area contributed by atoms with Gasteiger partial charge in [-0.2, -0.15) is 0 Å². The molecule has 0 bridgehead atoms. The minimum absolute atomic E-state index is 0.165. The summed E-state index contributed by atoms with van der Waals surface area (Å²) in [4.78, 5) is 25.0. The number of ether oxygens (including phenoxy) is 5. The first-order valence-electron chi connectivity index (χ1n) is 9.61. The maximum Gasteiger partial charge on any atom is 0.347 e. The molecule has 0 fully saturated rings. The molecule has 0 spiro atoms. The molecule has 8 nitrogen and oxygen atoms in total. The van der Waals surface area contributed by atoms with Crippen LogP contribution < -0.4 is 29.0 Å². The van der Waals surface area contributed by atoms with Crippen molar-refractivity contribution < 1.29 is 33.3 Å². The fourth-order valence-corrected chi connectivity index (χ4v) is 2.87. The van der Waals surface area contributed by atoms with E-state index in [0.29, 0.717) is 22.8 Å². The van der Waals surface area contributed by atoms with Crippen LogP contribution in [-0.4, -0.2) is 40.3 Å². The highest BCUT2D eigenvalue weighted by molar-refractivity contribution is 5.95. The highest BCUT2D eigenvalue weighted by Gasteiger charge is 2.20. The van der Waals surface area contributed by atoms with Crippen molar-refractivity contribution in [2.45, 2.75) is 0 Å². The van der Waals surface area contributed by atoms with Crippen LogP contribution in [-0.2, 0) is 0 Å². The predicted octanol–water partition coefficient (Wildman–Crippen LogP) is 4.19. The quantitative estimate of drug-likeness (QED) is 0.414. The van der Waals surface area contributed by atoms with E-state index in [4.69, 9.17) is 23.7 Å². The van der Waals surface area contributed by atoms with Crippen molar-refractivity contribution in [1.29, 1.82) is 0 Å². The highest BCUT2D eigenvalue weighted by Crippen LogP contribution is 2.35. The molecule has 0 amide bonds. The Morgan fingerprint density at radius 2 is 1.16 bits per heavy atom. The summed E-state index contributed by atoms with van der Waals surface area (Å²) in [6, 6.07) is 16.0. The number of rotatable bonds is 8. The van der Waals surface area contributed by atoms with Crippen LogP contribution in [0.5, 0.6) is 28.7 Å². The minimum Gasteiger partial charge on any atom is -0.496 e. The Morgan fingerprint density at radius 1 is 0.656 bits per heavy atom. The molecule has 0 aliphatic heterocycles. The van der Waals surface area contributed by atoms with Gasteiger partial charge in [-0.25, -0.2) is 9.59 Å². The standard InChI is InChI=1S/C24H23NO7/c1-25-16-7-11-18(12-8-16)31-23(26)15-5-9-17(10-6-15)32-24(27)19-13-21(29-3)22(30-4)14-20(19)28-2/h5-14,25H,1-4H3. The molecule has 0 radical (unpaired) electrons. The first-order chi connectivity index (χ1) is 15.5. The van der Waals surface area contributed by atoms with Crippen molar-refractivity contribution in [3.8, 4) is 28.7 Å². The Bertz CT molecular complexity index is 1090. The number of carbonyl (C=O) groups is 2. The van der Waals surface area contributed by atoms with Crippen LogP contribution >= 0.6 is 0 Å². The van der Waals surface area contributed by atoms with E-state index in [2.05, 4.69) is 5.32 Å². The molecule has 0 atom stereocenters. The van der Waals surface area contributed by atoms with Gasteiger partial charge >= 0.3 is 11.9 Å². The molecular formula is C24H23NO7. The molecule has 1 N–H and O–H groups in total. The molecular weight excluding hydrogens is 414 g/mol. The van der Waals surface area contributed by atoms with Crippen molar-refractivity contribution in [2.24, 2.45) is 0 Å². The van der Waals surface area contributed by atoms with Crippen LogP contribution in [0, 0.1) is 0 Å². The molecule has 0 saturated carbocycles. The van der Waals surface area contributed by atoms with Gasteiger partial charge in [0.15, 0.2) is 11.5 Å². The maximum atomic E-state index is 12.7. The topological polar surface area (TPSA) is 92.3 Å². The third kappa shape index (κ3) is 5.10. The average molecular weight is 437 g/mol. The monoisotopic (exact) mass is 437 g/mol. The van der Waals surface area contributed by atoms with Crippen molar-refractivity contribution in [1.82, 2.24) is 0 Å². The molecule has 8 heteroatoms. The van der Waals surface area contributed by atoms with Gasteiger partial charge < -0.3 is 29.0 Å². The fourth-order valence-electron chi connectivity index (χ4n) is 2.87. The maximum absolute atomic E-state index is 12.7. The molecule has 3 aromatic rings. The van der Waals surface area contributed by atoms with E-state index in [9.17, 15) is 9.59 Å². The summed E-state index contributed by atoms with van der Waals surface area (Å²) in [6.07, 6.45) is 0. The van der Waals surface area contributed by atoms with E-state index in [0.717, 1.165) is 5.69 Å². The largest absolute Gasteiger partial charge is 0.496 e. The van der Waals surface area contributed by atoms with E-state index in [1.54, 1.807) is 31.3 Å². The van der Waals surface area contributed by atoms with Gasteiger partial charge in [0.2, 0.25) is 0 Å². The number of nitrogens with one attached hydrogen (secondary N) is 1. The summed E-state index contributed by atoms with van der Waals surface area (Å²) >= 11 is 0. The van der Waals surface area contributed by atoms with Gasteiger partial charge in [0.1, 0.15) is 22.8 Å². The number of anilines is 1. The number of methoxy groups -OCH3 is 3. The van der Waals surface area contributed by atoms with Crippen LogP contribution in [0.2, 0.25) is 0 Å². The van der Waals surface area contributed by atoms with Crippen molar-refractivity contribution >= 4 is 17.6 Å². The Kier molecular flexibility index (Phi) is 7.17. The zero-order valence-corrected chi connectivity index (χ0v) is 18.1. The van der Waals surface area contributed by atoms with Gasteiger partial charge in [0.25, 0.3) is 0 Å². The third-order valence-electron chi connectivity index (χ3n) is 4.58. The summed E-state index contributed by atoms with van der Waals surface area (Å²) in [5.74, 6) is 0.554. The lowest BCUT2D eigenvalue weighted by molar-refractivity contribution is 0.0727. The van der Waals surface area contributed by atoms with Crippen LogP contribution in [0.25, 0.3) is 0 Å². The zero-order valence-electron chi connectivity index (χ0n) is 18.1. The van der Waals surface area contributed by atoms with Gasteiger partial charge in [-0.1, -0.05) is 0 Å². The average Bonchev–Trinajstić information content (AvgIpc) is 2.83. The number of hydrogen-bond donors (Lipinski definition) is 1. The number of carbonyl (C=O) groups excluding carboxylic acids is 2. The van der Waals surface area contributed by atoms with Crippen molar-refractivity contribution in [3.05, 3.63) is 71.8 Å². The Balaban J connectivity index is 1.71. The van der Waals surface area contributed by atoms with E-state index in [1.165, 1.54) is 57.7 Å². The van der Waals surface area contributed by atoms with Gasteiger partial charge in [0, 0.05) is 24.9 Å².